The van der Waals surface area contributed by atoms with Crippen LogP contribution >= 0.6 is 15.9 Å². The topological polar surface area (TPSA) is 43.4 Å². The molecule has 0 aliphatic rings. The van der Waals surface area contributed by atoms with Gasteiger partial charge in [-0.05, 0) is 30.3 Å². The Kier molecular flexibility index (Phi) is 3.68. The molecule has 2 aromatic rings. The Bertz CT molecular complexity index is 671. The average molecular weight is 331 g/mol. The van der Waals surface area contributed by atoms with E-state index in [2.05, 4.69) is 15.9 Å². The fraction of sp³-hybridized carbons (Fsp3) is 0. The molecule has 0 heterocycles. The van der Waals surface area contributed by atoms with E-state index in [4.69, 9.17) is 4.18 Å². The zero-order valence-corrected chi connectivity index (χ0v) is 11.4. The van der Waals surface area contributed by atoms with Crippen molar-refractivity contribution in [3.8, 4) is 5.75 Å². The molecule has 18 heavy (non-hydrogen) atoms. The lowest BCUT2D eigenvalue weighted by Gasteiger charge is -2.07. The van der Waals surface area contributed by atoms with Gasteiger partial charge in [0.25, 0.3) is 0 Å². The number of hydrogen-bond acceptors (Lipinski definition) is 3. The number of halogens is 2. The summed E-state index contributed by atoms with van der Waals surface area (Å²) in [7, 11) is -3.95. The first-order chi connectivity index (χ1) is 8.47. The minimum atomic E-state index is -3.95. The minimum absolute atomic E-state index is 0.00105. The fourth-order valence-electron chi connectivity index (χ4n) is 1.32. The SMILES string of the molecule is O=S(=O)(Oc1cccc(F)c1)c1cccc(Br)c1. The van der Waals surface area contributed by atoms with E-state index in [-0.39, 0.29) is 10.6 Å². The second kappa shape index (κ2) is 5.07. The molecule has 94 valence electrons. The maximum atomic E-state index is 12.9. The molecule has 0 spiro atoms. The molecule has 0 unspecified atom stereocenters. The van der Waals surface area contributed by atoms with E-state index in [9.17, 15) is 12.8 Å². The van der Waals surface area contributed by atoms with Crippen LogP contribution in [0.15, 0.2) is 57.9 Å². The molecule has 0 fully saturated rings. The lowest BCUT2D eigenvalue weighted by atomic mass is 10.3. The number of benzene rings is 2. The lowest BCUT2D eigenvalue weighted by molar-refractivity contribution is 0.483. The molecule has 0 saturated heterocycles. The van der Waals surface area contributed by atoms with Crippen LogP contribution in [0, 0.1) is 5.82 Å². The van der Waals surface area contributed by atoms with Crippen molar-refractivity contribution in [2.45, 2.75) is 4.90 Å². The van der Waals surface area contributed by atoms with Gasteiger partial charge in [-0.3, -0.25) is 0 Å². The van der Waals surface area contributed by atoms with E-state index in [0.29, 0.717) is 4.47 Å². The van der Waals surface area contributed by atoms with Crippen LogP contribution < -0.4 is 4.18 Å². The first-order valence-electron chi connectivity index (χ1n) is 4.93. The standard InChI is InChI=1S/C12H8BrFO3S/c13-9-3-1-6-12(7-9)18(15,16)17-11-5-2-4-10(14)8-11/h1-8H. The quantitative estimate of drug-likeness (QED) is 0.810. The van der Waals surface area contributed by atoms with Gasteiger partial charge in [-0.15, -0.1) is 0 Å². The maximum Gasteiger partial charge on any atom is 0.339 e. The Morgan fingerprint density at radius 2 is 1.78 bits per heavy atom. The van der Waals surface area contributed by atoms with Crippen LogP contribution in [-0.2, 0) is 10.1 Å². The summed E-state index contributed by atoms with van der Waals surface area (Å²) in [6.07, 6.45) is 0. The summed E-state index contributed by atoms with van der Waals surface area (Å²) in [5.74, 6) is -0.619. The molecule has 3 nitrogen and oxygen atoms in total. The molecular formula is C12H8BrFO3S. The van der Waals surface area contributed by atoms with Gasteiger partial charge in [0.2, 0.25) is 0 Å². The van der Waals surface area contributed by atoms with E-state index in [0.717, 1.165) is 6.07 Å². The molecule has 0 bridgehead atoms. The predicted octanol–water partition coefficient (Wildman–Crippen LogP) is 3.36. The van der Waals surface area contributed by atoms with Crippen molar-refractivity contribution in [3.05, 3.63) is 58.8 Å². The van der Waals surface area contributed by atoms with Crippen molar-refractivity contribution >= 4 is 26.0 Å². The zero-order chi connectivity index (χ0) is 13.2. The fourth-order valence-corrected chi connectivity index (χ4v) is 2.84. The Hall–Kier alpha value is -1.40. The Balaban J connectivity index is 2.33. The number of hydrogen-bond donors (Lipinski definition) is 0. The van der Waals surface area contributed by atoms with Crippen LogP contribution in [-0.4, -0.2) is 8.42 Å². The molecule has 0 saturated carbocycles. The summed E-state index contributed by atoms with van der Waals surface area (Å²) in [4.78, 5) is 0.00105. The van der Waals surface area contributed by atoms with Crippen molar-refractivity contribution < 1.29 is 17.0 Å². The third-order valence-electron chi connectivity index (χ3n) is 2.09. The Morgan fingerprint density at radius 1 is 1.06 bits per heavy atom. The first-order valence-corrected chi connectivity index (χ1v) is 7.13. The molecule has 0 aliphatic carbocycles. The van der Waals surface area contributed by atoms with Gasteiger partial charge >= 0.3 is 10.1 Å². The highest BCUT2D eigenvalue weighted by molar-refractivity contribution is 9.10. The third kappa shape index (κ3) is 3.08. The molecule has 0 N–H and O–H groups in total. The van der Waals surface area contributed by atoms with Gasteiger partial charge in [-0.2, -0.15) is 8.42 Å². The molecule has 2 aromatic carbocycles. The van der Waals surface area contributed by atoms with Gasteiger partial charge in [0.15, 0.2) is 0 Å². The summed E-state index contributed by atoms with van der Waals surface area (Å²) in [5.41, 5.74) is 0. The monoisotopic (exact) mass is 330 g/mol. The summed E-state index contributed by atoms with van der Waals surface area (Å²) < 4.78 is 42.2. The van der Waals surface area contributed by atoms with E-state index < -0.39 is 15.9 Å². The van der Waals surface area contributed by atoms with Gasteiger partial charge in [0.05, 0.1) is 0 Å². The van der Waals surface area contributed by atoms with Gasteiger partial charge < -0.3 is 4.18 Å². The molecule has 0 radical (unpaired) electrons. The van der Waals surface area contributed by atoms with Gasteiger partial charge in [-0.25, -0.2) is 4.39 Å². The lowest BCUT2D eigenvalue weighted by Crippen LogP contribution is -2.09. The van der Waals surface area contributed by atoms with Gasteiger partial charge in [0, 0.05) is 10.5 Å². The molecule has 0 aromatic heterocycles. The van der Waals surface area contributed by atoms with E-state index in [1.807, 2.05) is 0 Å². The predicted molar refractivity (Wildman–Crippen MR) is 68.4 cm³/mol. The minimum Gasteiger partial charge on any atom is -0.379 e. The maximum absolute atomic E-state index is 12.9. The van der Waals surface area contributed by atoms with Crippen molar-refractivity contribution in [2.24, 2.45) is 0 Å². The molecule has 2 rings (SSSR count). The second-order valence-electron chi connectivity index (χ2n) is 3.45. The summed E-state index contributed by atoms with van der Waals surface area (Å²) >= 11 is 3.17. The molecule has 6 heteroatoms. The van der Waals surface area contributed by atoms with Gasteiger partial charge in [0.1, 0.15) is 16.5 Å². The highest BCUT2D eigenvalue weighted by Crippen LogP contribution is 2.21. The van der Waals surface area contributed by atoms with E-state index in [1.54, 1.807) is 12.1 Å². The van der Waals surface area contributed by atoms with Crippen LogP contribution in [0.1, 0.15) is 0 Å². The highest BCUT2D eigenvalue weighted by Gasteiger charge is 2.16. The van der Waals surface area contributed by atoms with Crippen LogP contribution in [0.5, 0.6) is 5.75 Å². The van der Waals surface area contributed by atoms with Crippen LogP contribution in [0.25, 0.3) is 0 Å². The third-order valence-corrected chi connectivity index (χ3v) is 3.82. The normalized spacial score (nSPS) is 11.2. The Morgan fingerprint density at radius 3 is 2.44 bits per heavy atom. The second-order valence-corrected chi connectivity index (χ2v) is 5.91. The van der Waals surface area contributed by atoms with Crippen molar-refractivity contribution in [1.82, 2.24) is 0 Å². The highest BCUT2D eigenvalue weighted by atomic mass is 79.9. The van der Waals surface area contributed by atoms with Crippen LogP contribution in [0.2, 0.25) is 0 Å². The van der Waals surface area contributed by atoms with E-state index >= 15 is 0 Å². The number of rotatable bonds is 3. The van der Waals surface area contributed by atoms with Crippen molar-refractivity contribution in [1.29, 1.82) is 0 Å². The Labute approximate surface area is 112 Å². The summed E-state index contributed by atoms with van der Waals surface area (Å²) in [6.45, 7) is 0. The molecular weight excluding hydrogens is 323 g/mol. The largest absolute Gasteiger partial charge is 0.379 e. The van der Waals surface area contributed by atoms with Gasteiger partial charge in [-0.1, -0.05) is 28.1 Å². The van der Waals surface area contributed by atoms with Crippen molar-refractivity contribution in [3.63, 3.8) is 0 Å². The smallest absolute Gasteiger partial charge is 0.339 e. The summed E-state index contributed by atoms with van der Waals surface area (Å²) in [6, 6.07) is 11.1. The molecule has 0 aliphatic heterocycles. The first kappa shape index (κ1) is 13.0. The van der Waals surface area contributed by atoms with Crippen LogP contribution in [0.4, 0.5) is 4.39 Å². The van der Waals surface area contributed by atoms with E-state index in [1.165, 1.54) is 30.3 Å². The molecule has 0 atom stereocenters. The average Bonchev–Trinajstić information content (AvgIpc) is 2.28. The van der Waals surface area contributed by atoms with Crippen LogP contribution in [0.3, 0.4) is 0 Å². The summed E-state index contributed by atoms with van der Waals surface area (Å²) in [5, 5.41) is 0. The molecule has 0 amide bonds. The zero-order valence-electron chi connectivity index (χ0n) is 9.01. The van der Waals surface area contributed by atoms with Crippen molar-refractivity contribution in [2.75, 3.05) is 0 Å².